The summed E-state index contributed by atoms with van der Waals surface area (Å²) in [5.74, 6) is -2.39. The predicted molar refractivity (Wildman–Crippen MR) is 110 cm³/mol. The summed E-state index contributed by atoms with van der Waals surface area (Å²) in [5.41, 5.74) is 0.114. The Morgan fingerprint density at radius 1 is 1.15 bits per heavy atom. The first kappa shape index (κ1) is 22.6. The summed E-state index contributed by atoms with van der Waals surface area (Å²) < 4.78 is 68.3. The minimum Gasteiger partial charge on any atom is -0.342 e. The minimum absolute atomic E-state index is 0.0143. The lowest BCUT2D eigenvalue weighted by molar-refractivity contribution is -0.133. The number of rotatable bonds is 5. The van der Waals surface area contributed by atoms with Crippen LogP contribution >= 0.6 is 0 Å². The minimum atomic E-state index is -4.42. The summed E-state index contributed by atoms with van der Waals surface area (Å²) in [7, 11) is 1.50. The molecule has 1 atom stereocenters. The molecule has 12 heteroatoms. The van der Waals surface area contributed by atoms with Crippen LogP contribution in [0.25, 0.3) is 17.3 Å². The Bertz CT molecular complexity index is 1190. The zero-order valence-corrected chi connectivity index (χ0v) is 17.6. The number of carbonyl (C=O) groups excluding carboxylic acids is 1. The van der Waals surface area contributed by atoms with Crippen LogP contribution in [0.15, 0.2) is 36.8 Å². The average molecular weight is 466 g/mol. The number of benzene rings is 1. The van der Waals surface area contributed by atoms with Gasteiger partial charge in [0, 0.05) is 26.0 Å². The van der Waals surface area contributed by atoms with Gasteiger partial charge in [-0.3, -0.25) is 9.36 Å². The molecule has 3 aromatic rings. The van der Waals surface area contributed by atoms with Crippen molar-refractivity contribution in [1.82, 2.24) is 19.5 Å². The van der Waals surface area contributed by atoms with E-state index in [1.54, 1.807) is 6.92 Å². The van der Waals surface area contributed by atoms with Crippen molar-refractivity contribution in [3.05, 3.63) is 48.4 Å². The molecule has 0 aliphatic carbocycles. The van der Waals surface area contributed by atoms with Crippen molar-refractivity contribution in [3.63, 3.8) is 0 Å². The largest absolute Gasteiger partial charge is 0.390 e. The molecule has 4 rings (SSSR count). The highest BCUT2D eigenvalue weighted by atomic mass is 19.4. The third kappa shape index (κ3) is 4.12. The van der Waals surface area contributed by atoms with Crippen LogP contribution in [0.4, 0.5) is 33.5 Å². The number of hydrogen-bond acceptors (Lipinski definition) is 5. The molecule has 174 valence electrons. The van der Waals surface area contributed by atoms with Gasteiger partial charge in [0.15, 0.2) is 17.5 Å². The highest BCUT2D eigenvalue weighted by Crippen LogP contribution is 2.36. The van der Waals surface area contributed by atoms with Crippen LogP contribution in [0.2, 0.25) is 0 Å². The fourth-order valence-electron chi connectivity index (χ4n) is 3.79. The smallest absolute Gasteiger partial charge is 0.342 e. The number of nitrogens with zero attached hydrogens (tertiary/aromatic N) is 6. The van der Waals surface area contributed by atoms with Crippen molar-refractivity contribution in [2.75, 3.05) is 23.4 Å². The Balaban J connectivity index is 1.82. The first-order chi connectivity index (χ1) is 15.6. The number of aromatic nitrogens is 4. The van der Waals surface area contributed by atoms with Gasteiger partial charge in [-0.15, -0.1) is 0 Å². The molecule has 2 aromatic heterocycles. The molecule has 7 nitrogen and oxygen atoms in total. The molecule has 1 aliphatic heterocycles. The van der Waals surface area contributed by atoms with Crippen LogP contribution in [-0.2, 0) is 4.79 Å². The summed E-state index contributed by atoms with van der Waals surface area (Å²) >= 11 is 0. The fraction of sp³-hybridized carbons (Fsp3) is 0.333. The third-order valence-electron chi connectivity index (χ3n) is 5.43. The standard InChI is InChI=1S/C21H19F5N6O/c1-3-14-19(33)30(2)15-11-28-20(29-18(15)31(14)9-7-21(24,25)26)32-10-8-27-17(32)12-5-4-6-13(22)16(12)23/h4-6,8,10-11,14H,3,7,9H2,1-2H3. The van der Waals surface area contributed by atoms with E-state index in [0.717, 1.165) is 6.07 Å². The molecule has 33 heavy (non-hydrogen) atoms. The topological polar surface area (TPSA) is 67.2 Å². The Hall–Kier alpha value is -3.57. The quantitative estimate of drug-likeness (QED) is 0.530. The second kappa shape index (κ2) is 8.41. The second-order valence-corrected chi connectivity index (χ2v) is 7.48. The predicted octanol–water partition coefficient (Wildman–Crippen LogP) is 4.12. The van der Waals surface area contributed by atoms with E-state index in [1.807, 2.05) is 0 Å². The van der Waals surface area contributed by atoms with Crippen LogP contribution in [0.5, 0.6) is 0 Å². The Kier molecular flexibility index (Phi) is 5.76. The molecule has 0 bridgehead atoms. The summed E-state index contributed by atoms with van der Waals surface area (Å²) in [6.07, 6.45) is -1.21. The van der Waals surface area contributed by atoms with Crippen LogP contribution < -0.4 is 9.80 Å². The monoisotopic (exact) mass is 466 g/mol. The maximum atomic E-state index is 14.4. The van der Waals surface area contributed by atoms with Crippen molar-refractivity contribution < 1.29 is 26.7 Å². The molecule has 0 N–H and O–H groups in total. The van der Waals surface area contributed by atoms with E-state index < -0.39 is 36.8 Å². The number of imidazole rings is 1. The van der Waals surface area contributed by atoms with E-state index in [4.69, 9.17) is 0 Å². The highest BCUT2D eigenvalue weighted by Gasteiger charge is 2.39. The van der Waals surface area contributed by atoms with E-state index in [0.29, 0.717) is 0 Å². The van der Waals surface area contributed by atoms with Gasteiger partial charge in [-0.25, -0.2) is 18.7 Å². The number of halogens is 5. The highest BCUT2D eigenvalue weighted by molar-refractivity contribution is 6.04. The molecular weight excluding hydrogens is 447 g/mol. The third-order valence-corrected chi connectivity index (χ3v) is 5.43. The van der Waals surface area contributed by atoms with Gasteiger partial charge >= 0.3 is 6.18 Å². The van der Waals surface area contributed by atoms with Gasteiger partial charge in [-0.1, -0.05) is 13.0 Å². The lowest BCUT2D eigenvalue weighted by Gasteiger charge is -2.40. The number of amides is 1. The molecule has 0 radical (unpaired) electrons. The molecule has 0 saturated carbocycles. The molecule has 1 aliphatic rings. The van der Waals surface area contributed by atoms with Crippen molar-refractivity contribution in [1.29, 1.82) is 0 Å². The van der Waals surface area contributed by atoms with Gasteiger partial charge in [-0.05, 0) is 18.6 Å². The molecule has 0 spiro atoms. The molecule has 1 unspecified atom stereocenters. The van der Waals surface area contributed by atoms with Crippen molar-refractivity contribution in [3.8, 4) is 17.3 Å². The van der Waals surface area contributed by atoms with Gasteiger partial charge in [0.25, 0.3) is 0 Å². The number of carbonyl (C=O) groups is 1. The number of hydrogen-bond donors (Lipinski definition) is 0. The number of alkyl halides is 3. The maximum absolute atomic E-state index is 14.4. The van der Waals surface area contributed by atoms with Gasteiger partial charge < -0.3 is 9.80 Å². The van der Waals surface area contributed by atoms with Gasteiger partial charge in [0.1, 0.15) is 17.6 Å². The van der Waals surface area contributed by atoms with E-state index in [1.165, 1.54) is 52.1 Å². The van der Waals surface area contributed by atoms with E-state index in [2.05, 4.69) is 15.0 Å². The lowest BCUT2D eigenvalue weighted by atomic mass is 10.1. The van der Waals surface area contributed by atoms with Crippen molar-refractivity contribution in [2.45, 2.75) is 32.0 Å². The van der Waals surface area contributed by atoms with Crippen molar-refractivity contribution >= 4 is 17.4 Å². The Morgan fingerprint density at radius 2 is 1.91 bits per heavy atom. The van der Waals surface area contributed by atoms with Gasteiger partial charge in [0.2, 0.25) is 11.9 Å². The second-order valence-electron chi connectivity index (χ2n) is 7.48. The molecule has 1 aromatic carbocycles. The van der Waals surface area contributed by atoms with Crippen LogP contribution in [0.3, 0.4) is 0 Å². The van der Waals surface area contributed by atoms with Gasteiger partial charge in [0.05, 0.1) is 18.2 Å². The molecule has 0 saturated heterocycles. The normalized spacial score (nSPS) is 16.3. The summed E-state index contributed by atoms with van der Waals surface area (Å²) in [6, 6.07) is 2.80. The Morgan fingerprint density at radius 3 is 2.61 bits per heavy atom. The van der Waals surface area contributed by atoms with E-state index in [-0.39, 0.29) is 41.2 Å². The SMILES string of the molecule is CCC1C(=O)N(C)c2cnc(-n3ccnc3-c3cccc(F)c3F)nc2N1CCC(F)(F)F. The lowest BCUT2D eigenvalue weighted by Crippen LogP contribution is -2.53. The van der Waals surface area contributed by atoms with Crippen LogP contribution in [0, 0.1) is 11.6 Å². The average Bonchev–Trinajstić information content (AvgIpc) is 3.25. The zero-order valence-electron chi connectivity index (χ0n) is 17.6. The molecular formula is C21H19F5N6O. The molecule has 3 heterocycles. The Labute approximate surface area is 185 Å². The molecule has 1 amide bonds. The molecule has 0 fully saturated rings. The summed E-state index contributed by atoms with van der Waals surface area (Å²) in [4.78, 5) is 28.0. The van der Waals surface area contributed by atoms with E-state index >= 15 is 0 Å². The van der Waals surface area contributed by atoms with Crippen LogP contribution in [-0.4, -0.2) is 51.2 Å². The number of fused-ring (bicyclic) bond motifs is 1. The summed E-state index contributed by atoms with van der Waals surface area (Å²) in [6.45, 7) is 1.23. The van der Waals surface area contributed by atoms with Crippen LogP contribution in [0.1, 0.15) is 19.8 Å². The van der Waals surface area contributed by atoms with E-state index in [9.17, 15) is 26.7 Å². The first-order valence-electron chi connectivity index (χ1n) is 10.1. The fourth-order valence-corrected chi connectivity index (χ4v) is 3.79. The summed E-state index contributed by atoms with van der Waals surface area (Å²) in [5, 5.41) is 0. The first-order valence-corrected chi connectivity index (χ1v) is 10.1. The van der Waals surface area contributed by atoms with Gasteiger partial charge in [-0.2, -0.15) is 18.2 Å². The van der Waals surface area contributed by atoms with Crippen molar-refractivity contribution in [2.24, 2.45) is 0 Å². The maximum Gasteiger partial charge on any atom is 0.390 e. The number of anilines is 2. The zero-order chi connectivity index (χ0) is 23.9. The number of likely N-dealkylation sites (N-methyl/N-ethyl adjacent to an activating group) is 1.